The van der Waals surface area contributed by atoms with Crippen molar-refractivity contribution < 1.29 is 36.4 Å². The average molecular weight is 545 g/mol. The second-order valence-corrected chi connectivity index (χ2v) is 11.4. The van der Waals surface area contributed by atoms with E-state index in [1.165, 1.54) is 10.8 Å². The SMILES string of the molecule is CS(=O)(=O)Nc1cccc(Cc2ccc(Cc3cc(-c4ccc[n+](COP(=O)([O-])O)c4N)on3)cc2)c1. The highest BCUT2D eigenvalue weighted by molar-refractivity contribution is 7.92. The molecule has 13 heteroatoms. The van der Waals surface area contributed by atoms with Crippen LogP contribution in [0.2, 0.25) is 0 Å². The predicted molar refractivity (Wildman–Crippen MR) is 134 cm³/mol. The van der Waals surface area contributed by atoms with Crippen LogP contribution in [0.15, 0.2) is 77.4 Å². The number of nitrogens with zero attached hydrogens (tertiary/aromatic N) is 2. The number of sulfonamides is 1. The van der Waals surface area contributed by atoms with Gasteiger partial charge in [0.05, 0.1) is 18.1 Å². The van der Waals surface area contributed by atoms with E-state index in [1.807, 2.05) is 36.4 Å². The molecule has 4 rings (SSSR count). The van der Waals surface area contributed by atoms with Crippen LogP contribution >= 0.6 is 7.82 Å². The third-order valence-electron chi connectivity index (χ3n) is 5.35. The molecule has 194 valence electrons. The lowest BCUT2D eigenvalue weighted by Crippen LogP contribution is -2.38. The summed E-state index contributed by atoms with van der Waals surface area (Å²) in [5, 5.41) is 4.11. The Morgan fingerprint density at radius 3 is 2.46 bits per heavy atom. The molecule has 4 aromatic rings. The van der Waals surface area contributed by atoms with Gasteiger partial charge in [-0.2, -0.15) is 0 Å². The number of nitrogen functional groups attached to an aromatic ring is 1. The molecule has 0 aliphatic rings. The van der Waals surface area contributed by atoms with Gasteiger partial charge in [0.15, 0.2) is 12.5 Å². The van der Waals surface area contributed by atoms with E-state index in [0.29, 0.717) is 35.5 Å². The van der Waals surface area contributed by atoms with Gasteiger partial charge in [-0.3, -0.25) is 19.5 Å². The summed E-state index contributed by atoms with van der Waals surface area (Å²) in [6.07, 6.45) is 3.77. The van der Waals surface area contributed by atoms with E-state index < -0.39 is 24.6 Å². The predicted octanol–water partition coefficient (Wildman–Crippen LogP) is 2.20. The molecule has 0 saturated heterocycles. The molecule has 0 bridgehead atoms. The minimum atomic E-state index is -4.89. The van der Waals surface area contributed by atoms with Gasteiger partial charge in [-0.05, 0) is 47.4 Å². The number of phosphoric acid groups is 1. The monoisotopic (exact) mass is 544 g/mol. The molecular formula is C24H25N4O7PS. The van der Waals surface area contributed by atoms with E-state index in [1.54, 1.807) is 30.3 Å². The summed E-state index contributed by atoms with van der Waals surface area (Å²) >= 11 is 0. The van der Waals surface area contributed by atoms with Crippen molar-refractivity contribution in [3.05, 3.63) is 95.3 Å². The molecule has 0 aliphatic carbocycles. The van der Waals surface area contributed by atoms with Gasteiger partial charge >= 0.3 is 0 Å². The minimum Gasteiger partial charge on any atom is -0.756 e. The first-order valence-electron chi connectivity index (χ1n) is 11.0. The number of benzene rings is 2. The van der Waals surface area contributed by atoms with Crippen molar-refractivity contribution in [2.45, 2.75) is 19.6 Å². The smallest absolute Gasteiger partial charge is 0.285 e. The van der Waals surface area contributed by atoms with E-state index >= 15 is 0 Å². The Kier molecular flexibility index (Phi) is 7.76. The van der Waals surface area contributed by atoms with Gasteiger partial charge in [0.25, 0.3) is 13.6 Å². The molecule has 1 unspecified atom stereocenters. The molecule has 2 aromatic heterocycles. The Bertz CT molecular complexity index is 1550. The van der Waals surface area contributed by atoms with Gasteiger partial charge in [-0.25, -0.2) is 13.0 Å². The van der Waals surface area contributed by atoms with Crippen LogP contribution in [-0.2, 0) is 38.7 Å². The summed E-state index contributed by atoms with van der Waals surface area (Å²) in [6.45, 7) is -0.483. The first-order chi connectivity index (χ1) is 17.4. The highest BCUT2D eigenvalue weighted by Crippen LogP contribution is 2.30. The normalized spacial score (nSPS) is 13.3. The Hall–Kier alpha value is -3.54. The van der Waals surface area contributed by atoms with Crippen LogP contribution in [0, 0.1) is 0 Å². The Balaban J connectivity index is 1.42. The lowest BCUT2D eigenvalue weighted by atomic mass is 10.0. The Labute approximate surface area is 213 Å². The molecule has 0 aliphatic heterocycles. The largest absolute Gasteiger partial charge is 0.756 e. The quantitative estimate of drug-likeness (QED) is 0.200. The number of anilines is 2. The third kappa shape index (κ3) is 7.72. The van der Waals surface area contributed by atoms with Gasteiger partial charge in [-0.1, -0.05) is 41.6 Å². The molecule has 37 heavy (non-hydrogen) atoms. The zero-order valence-electron chi connectivity index (χ0n) is 19.8. The molecule has 0 radical (unpaired) electrons. The number of rotatable bonds is 10. The molecule has 0 saturated carbocycles. The number of hydrogen-bond acceptors (Lipinski definition) is 8. The van der Waals surface area contributed by atoms with Crippen molar-refractivity contribution in [2.75, 3.05) is 16.7 Å². The fourth-order valence-corrected chi connectivity index (χ4v) is 4.55. The molecule has 11 nitrogen and oxygen atoms in total. The minimum absolute atomic E-state index is 0.179. The van der Waals surface area contributed by atoms with Crippen molar-refractivity contribution >= 4 is 29.4 Å². The number of phosphoric ester groups is 1. The van der Waals surface area contributed by atoms with Crippen LogP contribution in [0.1, 0.15) is 22.4 Å². The van der Waals surface area contributed by atoms with Crippen LogP contribution in [0.4, 0.5) is 11.5 Å². The van der Waals surface area contributed by atoms with Gasteiger partial charge in [-0.15, -0.1) is 0 Å². The number of nitrogens with two attached hydrogens (primary N) is 1. The van der Waals surface area contributed by atoms with Gasteiger partial charge < -0.3 is 14.3 Å². The van der Waals surface area contributed by atoms with Crippen molar-refractivity contribution in [1.82, 2.24) is 5.16 Å². The summed E-state index contributed by atoms with van der Waals surface area (Å²) in [5.74, 6) is 0.578. The van der Waals surface area contributed by atoms with E-state index in [-0.39, 0.29) is 5.82 Å². The molecule has 4 N–H and O–H groups in total. The summed E-state index contributed by atoms with van der Waals surface area (Å²) in [7, 11) is -8.23. The summed E-state index contributed by atoms with van der Waals surface area (Å²) < 4.78 is 47.5. The first kappa shape index (κ1) is 26.5. The number of aromatic nitrogens is 2. The second kappa shape index (κ2) is 10.8. The zero-order chi connectivity index (χ0) is 26.6. The number of pyridine rings is 1. The summed E-state index contributed by atoms with van der Waals surface area (Å²) in [4.78, 5) is 19.7. The highest BCUT2D eigenvalue weighted by Gasteiger charge is 2.18. The van der Waals surface area contributed by atoms with Crippen molar-refractivity contribution in [1.29, 1.82) is 0 Å². The maximum atomic E-state index is 11.5. The van der Waals surface area contributed by atoms with Crippen molar-refractivity contribution in [2.24, 2.45) is 0 Å². The lowest BCUT2D eigenvalue weighted by molar-refractivity contribution is -0.712. The maximum Gasteiger partial charge on any atom is 0.285 e. The van der Waals surface area contributed by atoms with Gasteiger partial charge in [0.1, 0.15) is 5.56 Å². The van der Waals surface area contributed by atoms with E-state index in [0.717, 1.165) is 22.9 Å². The zero-order valence-corrected chi connectivity index (χ0v) is 21.5. The van der Waals surface area contributed by atoms with Gasteiger partial charge in [0, 0.05) is 18.2 Å². The lowest BCUT2D eigenvalue weighted by Gasteiger charge is -2.14. The fraction of sp³-hybridized carbons (Fsp3) is 0.167. The maximum absolute atomic E-state index is 11.5. The molecule has 2 heterocycles. The van der Waals surface area contributed by atoms with Gasteiger partial charge in [0.2, 0.25) is 10.0 Å². The molecule has 0 spiro atoms. The second-order valence-electron chi connectivity index (χ2n) is 8.43. The van der Waals surface area contributed by atoms with Crippen molar-refractivity contribution in [3.63, 3.8) is 0 Å². The Morgan fingerprint density at radius 2 is 1.78 bits per heavy atom. The van der Waals surface area contributed by atoms with Crippen LogP contribution in [0.3, 0.4) is 0 Å². The Morgan fingerprint density at radius 1 is 1.08 bits per heavy atom. The van der Waals surface area contributed by atoms with Crippen LogP contribution < -0.4 is 19.9 Å². The number of nitrogens with one attached hydrogen (secondary N) is 1. The molecular weight excluding hydrogens is 519 g/mol. The topological polar surface area (TPSA) is 172 Å². The highest BCUT2D eigenvalue weighted by atomic mass is 32.2. The molecule has 1 atom stereocenters. The number of hydrogen-bond donors (Lipinski definition) is 3. The molecule has 0 amide bonds. The fourth-order valence-electron chi connectivity index (χ4n) is 3.72. The van der Waals surface area contributed by atoms with Crippen molar-refractivity contribution in [3.8, 4) is 11.3 Å². The van der Waals surface area contributed by atoms with E-state index in [4.69, 9.17) is 15.2 Å². The van der Waals surface area contributed by atoms with Crippen LogP contribution in [0.5, 0.6) is 0 Å². The first-order valence-corrected chi connectivity index (χ1v) is 14.4. The standard InChI is InChI=1S/C24H25N4O7PS/c1-37(32,33)27-20-5-2-4-19(14-20)12-17-7-9-18(10-8-17)13-21-15-23(35-26-21)22-6-3-11-28(24(22)25)16-34-36(29,30)31/h2-11,14-15,25,27H,12-13,16H2,1H3,(H2,29,30,31). The summed E-state index contributed by atoms with van der Waals surface area (Å²) in [5.41, 5.74) is 10.9. The van der Waals surface area contributed by atoms with E-state index in [9.17, 15) is 17.9 Å². The van der Waals surface area contributed by atoms with Crippen LogP contribution in [0.25, 0.3) is 11.3 Å². The third-order valence-corrected chi connectivity index (χ3v) is 6.39. The van der Waals surface area contributed by atoms with Crippen LogP contribution in [-0.4, -0.2) is 24.7 Å². The van der Waals surface area contributed by atoms with E-state index in [2.05, 4.69) is 14.4 Å². The average Bonchev–Trinajstić information content (AvgIpc) is 3.26. The summed E-state index contributed by atoms with van der Waals surface area (Å²) in [6, 6.07) is 20.3. The molecule has 0 fully saturated rings. The molecule has 2 aromatic carbocycles.